The van der Waals surface area contributed by atoms with E-state index in [1.54, 1.807) is 0 Å². The molecule has 4 N–H and O–H groups in total. The second-order valence-corrected chi connectivity index (χ2v) is 5.16. The summed E-state index contributed by atoms with van der Waals surface area (Å²) in [6, 6.07) is 10.3. The molecular formula is C16H16N2O6. The Morgan fingerprint density at radius 3 is 2.42 bits per heavy atom. The molecule has 0 aliphatic rings. The van der Waals surface area contributed by atoms with Crippen LogP contribution in [-0.2, 0) is 17.8 Å². The Morgan fingerprint density at radius 2 is 1.83 bits per heavy atom. The highest BCUT2D eigenvalue weighted by Gasteiger charge is 2.27. The van der Waals surface area contributed by atoms with Gasteiger partial charge in [-0.15, -0.1) is 0 Å². The number of carboxylic acids is 1. The molecule has 0 fully saturated rings. The Hall–Kier alpha value is -3.13. The molecule has 8 nitrogen and oxygen atoms in total. The molecule has 2 rings (SSSR count). The molecule has 0 aliphatic carbocycles. The number of hydrogen-bond donors (Lipinski definition) is 4. The largest absolute Gasteiger partial charge is 0.504 e. The zero-order valence-corrected chi connectivity index (χ0v) is 12.5. The number of rotatable bonds is 7. The zero-order valence-electron chi connectivity index (χ0n) is 12.5. The van der Waals surface area contributed by atoms with Gasteiger partial charge in [-0.25, -0.2) is 0 Å². The number of benzene rings is 2. The van der Waals surface area contributed by atoms with E-state index in [2.05, 4.69) is 5.32 Å². The molecule has 2 aromatic rings. The van der Waals surface area contributed by atoms with Crippen LogP contribution in [0.5, 0.6) is 11.5 Å². The van der Waals surface area contributed by atoms with Gasteiger partial charge in [0.1, 0.15) is 6.04 Å². The first-order valence-electron chi connectivity index (χ1n) is 7.08. The number of phenolic OH excluding ortho intramolecular Hbond substituents is 2. The number of carbonyl (C=O) groups is 1. The highest BCUT2D eigenvalue weighted by molar-refractivity contribution is 5.74. The Labute approximate surface area is 137 Å². The van der Waals surface area contributed by atoms with Crippen LogP contribution in [0.2, 0.25) is 0 Å². The lowest BCUT2D eigenvalue weighted by Gasteiger charge is -2.15. The molecule has 24 heavy (non-hydrogen) atoms. The average Bonchev–Trinajstić information content (AvgIpc) is 2.55. The van der Waals surface area contributed by atoms with Crippen molar-refractivity contribution in [3.8, 4) is 11.5 Å². The van der Waals surface area contributed by atoms with Gasteiger partial charge in [0, 0.05) is 18.5 Å². The van der Waals surface area contributed by atoms with Crippen molar-refractivity contribution in [1.82, 2.24) is 5.32 Å². The predicted molar refractivity (Wildman–Crippen MR) is 84.8 cm³/mol. The standard InChI is InChI=1S/C16H16N2O6/c19-13-7-6-11(14(15(13)20)18(23)24)8-12(16(21)22)17-9-10-4-2-1-3-5-10/h1-7,12,17,19-20H,8-9H2,(H,21,22). The van der Waals surface area contributed by atoms with E-state index in [0.29, 0.717) is 0 Å². The predicted octanol–water partition coefficient (Wildman–Crippen LogP) is 1.79. The number of nitrogens with one attached hydrogen (secondary N) is 1. The van der Waals surface area contributed by atoms with E-state index >= 15 is 0 Å². The Balaban J connectivity index is 2.21. The molecule has 1 unspecified atom stereocenters. The van der Waals surface area contributed by atoms with Gasteiger partial charge in [0.05, 0.1) is 4.92 Å². The summed E-state index contributed by atoms with van der Waals surface area (Å²) in [6.07, 6.45) is -0.216. The summed E-state index contributed by atoms with van der Waals surface area (Å²) in [4.78, 5) is 21.7. The fourth-order valence-corrected chi connectivity index (χ4v) is 2.28. The fraction of sp³-hybridized carbons (Fsp3) is 0.188. The van der Waals surface area contributed by atoms with Crippen molar-refractivity contribution in [3.63, 3.8) is 0 Å². The van der Waals surface area contributed by atoms with Crippen LogP contribution in [-0.4, -0.2) is 32.3 Å². The van der Waals surface area contributed by atoms with Crippen LogP contribution in [0, 0.1) is 10.1 Å². The number of aliphatic carboxylic acids is 1. The van der Waals surface area contributed by atoms with E-state index in [0.717, 1.165) is 11.6 Å². The molecule has 0 saturated carbocycles. The van der Waals surface area contributed by atoms with Crippen LogP contribution in [0.3, 0.4) is 0 Å². The van der Waals surface area contributed by atoms with Gasteiger partial charge in [0.15, 0.2) is 5.75 Å². The van der Waals surface area contributed by atoms with Crippen molar-refractivity contribution in [1.29, 1.82) is 0 Å². The minimum atomic E-state index is -1.17. The van der Waals surface area contributed by atoms with Crippen molar-refractivity contribution >= 4 is 11.7 Å². The normalized spacial score (nSPS) is 11.8. The van der Waals surface area contributed by atoms with Gasteiger partial charge < -0.3 is 20.6 Å². The summed E-state index contributed by atoms with van der Waals surface area (Å²) < 4.78 is 0. The van der Waals surface area contributed by atoms with Gasteiger partial charge in [-0.3, -0.25) is 14.9 Å². The maximum atomic E-state index is 11.4. The van der Waals surface area contributed by atoms with E-state index < -0.39 is 34.1 Å². The van der Waals surface area contributed by atoms with Gasteiger partial charge >= 0.3 is 11.7 Å². The molecule has 8 heteroatoms. The molecule has 126 valence electrons. The Morgan fingerprint density at radius 1 is 1.17 bits per heavy atom. The molecule has 0 radical (unpaired) electrons. The van der Waals surface area contributed by atoms with E-state index in [1.807, 2.05) is 30.3 Å². The van der Waals surface area contributed by atoms with Crippen LogP contribution in [0.1, 0.15) is 11.1 Å². The molecule has 0 heterocycles. The quantitative estimate of drug-likeness (QED) is 0.345. The summed E-state index contributed by atoms with van der Waals surface area (Å²) in [6.45, 7) is 0.273. The smallest absolute Gasteiger partial charge is 0.321 e. The number of aromatic hydroxyl groups is 2. The summed E-state index contributed by atoms with van der Waals surface area (Å²) in [5, 5.41) is 42.3. The molecule has 0 saturated heterocycles. The third kappa shape index (κ3) is 3.99. The minimum absolute atomic E-state index is 0.0169. The molecule has 1 atom stereocenters. The van der Waals surface area contributed by atoms with Gasteiger partial charge in [0.25, 0.3) is 0 Å². The van der Waals surface area contributed by atoms with Crippen LogP contribution in [0.25, 0.3) is 0 Å². The third-order valence-corrected chi connectivity index (χ3v) is 3.51. The van der Waals surface area contributed by atoms with Gasteiger partial charge in [-0.05, 0) is 17.7 Å². The monoisotopic (exact) mass is 332 g/mol. The van der Waals surface area contributed by atoms with Crippen molar-refractivity contribution < 1.29 is 25.0 Å². The van der Waals surface area contributed by atoms with E-state index in [4.69, 9.17) is 0 Å². The lowest BCUT2D eigenvalue weighted by Crippen LogP contribution is -2.38. The highest BCUT2D eigenvalue weighted by Crippen LogP contribution is 2.38. The number of carboxylic acid groups (broad SMARTS) is 1. The first-order valence-corrected chi connectivity index (χ1v) is 7.08. The van der Waals surface area contributed by atoms with Crippen LogP contribution in [0.15, 0.2) is 42.5 Å². The van der Waals surface area contributed by atoms with Gasteiger partial charge in [-0.1, -0.05) is 30.3 Å². The fourth-order valence-electron chi connectivity index (χ4n) is 2.28. The molecule has 0 bridgehead atoms. The zero-order chi connectivity index (χ0) is 17.7. The maximum absolute atomic E-state index is 11.4. The lowest BCUT2D eigenvalue weighted by molar-refractivity contribution is -0.386. The third-order valence-electron chi connectivity index (χ3n) is 3.51. The first kappa shape index (κ1) is 17.2. The second kappa shape index (κ2) is 7.42. The molecular weight excluding hydrogens is 316 g/mol. The summed E-state index contributed by atoms with van der Waals surface area (Å²) in [7, 11) is 0. The van der Waals surface area contributed by atoms with Gasteiger partial charge in [-0.2, -0.15) is 0 Å². The summed E-state index contributed by atoms with van der Waals surface area (Å²) in [5.74, 6) is -2.67. The molecule has 0 aliphatic heterocycles. The van der Waals surface area contributed by atoms with Crippen LogP contribution >= 0.6 is 0 Å². The van der Waals surface area contributed by atoms with Crippen LogP contribution in [0.4, 0.5) is 5.69 Å². The first-order chi connectivity index (χ1) is 11.4. The molecule has 0 aromatic heterocycles. The SMILES string of the molecule is O=C(O)C(Cc1ccc(O)c(O)c1[N+](=O)[O-])NCc1ccccc1. The van der Waals surface area contributed by atoms with Crippen LogP contribution < -0.4 is 5.32 Å². The average molecular weight is 332 g/mol. The van der Waals surface area contributed by atoms with E-state index in [1.165, 1.54) is 6.07 Å². The number of nitro groups is 1. The molecule has 0 amide bonds. The molecule has 2 aromatic carbocycles. The van der Waals surface area contributed by atoms with Crippen molar-refractivity contribution in [2.24, 2.45) is 0 Å². The highest BCUT2D eigenvalue weighted by atomic mass is 16.6. The van der Waals surface area contributed by atoms with Gasteiger partial charge in [0.2, 0.25) is 5.75 Å². The summed E-state index contributed by atoms with van der Waals surface area (Å²) >= 11 is 0. The molecule has 0 spiro atoms. The number of phenols is 2. The van der Waals surface area contributed by atoms with E-state index in [9.17, 15) is 30.2 Å². The Bertz CT molecular complexity index is 748. The lowest BCUT2D eigenvalue weighted by atomic mass is 10.0. The number of nitrogens with zero attached hydrogens (tertiary/aromatic N) is 1. The Kier molecular flexibility index (Phi) is 5.33. The topological polar surface area (TPSA) is 133 Å². The second-order valence-electron chi connectivity index (χ2n) is 5.16. The summed E-state index contributed by atoms with van der Waals surface area (Å²) in [5.41, 5.74) is 0.192. The van der Waals surface area contributed by atoms with E-state index in [-0.39, 0.29) is 18.5 Å². The minimum Gasteiger partial charge on any atom is -0.504 e. The van der Waals surface area contributed by atoms with Crippen molar-refractivity contribution in [3.05, 3.63) is 63.7 Å². The number of nitro benzene ring substituents is 1. The maximum Gasteiger partial charge on any atom is 0.321 e. The number of hydrogen-bond acceptors (Lipinski definition) is 6. The van der Waals surface area contributed by atoms with Crippen molar-refractivity contribution in [2.45, 2.75) is 19.0 Å². The van der Waals surface area contributed by atoms with Crippen molar-refractivity contribution in [2.75, 3.05) is 0 Å².